The minimum Gasteiger partial charge on any atom is -0.364 e. The van der Waals surface area contributed by atoms with Crippen molar-refractivity contribution in [2.75, 3.05) is 5.32 Å². The quantitative estimate of drug-likeness (QED) is 0.556. The highest BCUT2D eigenvalue weighted by atomic mass is 32.1. The molecular formula is C17H12FN3S2. The number of nitrogens with zero attached hydrogens (tertiary/aromatic N) is 2. The number of benzene rings is 1. The Hall–Kier alpha value is -2.31. The molecule has 0 amide bonds. The topological polar surface area (TPSA) is 37.8 Å². The fourth-order valence-corrected chi connectivity index (χ4v) is 4.05. The van der Waals surface area contributed by atoms with Crippen molar-refractivity contribution in [2.45, 2.75) is 6.54 Å². The first-order valence-electron chi connectivity index (χ1n) is 7.06. The number of hydrogen-bond donors (Lipinski definition) is 1. The maximum atomic E-state index is 13.1. The van der Waals surface area contributed by atoms with Crippen LogP contribution in [-0.4, -0.2) is 9.97 Å². The molecular weight excluding hydrogens is 329 g/mol. The summed E-state index contributed by atoms with van der Waals surface area (Å²) >= 11 is 3.33. The Labute approximate surface area is 140 Å². The van der Waals surface area contributed by atoms with Crippen molar-refractivity contribution < 1.29 is 4.39 Å². The predicted molar refractivity (Wildman–Crippen MR) is 94.5 cm³/mol. The normalized spacial score (nSPS) is 11.0. The van der Waals surface area contributed by atoms with Gasteiger partial charge in [0.2, 0.25) is 0 Å². The van der Waals surface area contributed by atoms with Crippen molar-refractivity contribution in [3.05, 3.63) is 64.9 Å². The van der Waals surface area contributed by atoms with Gasteiger partial charge in [0.15, 0.2) is 0 Å². The van der Waals surface area contributed by atoms with Gasteiger partial charge in [-0.2, -0.15) is 0 Å². The lowest BCUT2D eigenvalue weighted by Gasteiger charge is -2.04. The lowest BCUT2D eigenvalue weighted by atomic mass is 10.2. The van der Waals surface area contributed by atoms with Gasteiger partial charge < -0.3 is 5.32 Å². The van der Waals surface area contributed by atoms with E-state index in [1.54, 1.807) is 41.1 Å². The van der Waals surface area contributed by atoms with Gasteiger partial charge in [-0.3, -0.25) is 0 Å². The predicted octanol–water partition coefficient (Wildman–Crippen LogP) is 5.17. The van der Waals surface area contributed by atoms with E-state index in [9.17, 15) is 4.39 Å². The van der Waals surface area contributed by atoms with Crippen LogP contribution in [0.25, 0.3) is 20.7 Å². The molecule has 3 nitrogen and oxygen atoms in total. The van der Waals surface area contributed by atoms with Crippen molar-refractivity contribution in [3.63, 3.8) is 0 Å². The van der Waals surface area contributed by atoms with Crippen LogP contribution in [0.3, 0.4) is 0 Å². The van der Waals surface area contributed by atoms with E-state index in [-0.39, 0.29) is 5.82 Å². The largest absolute Gasteiger partial charge is 0.364 e. The van der Waals surface area contributed by atoms with Crippen molar-refractivity contribution in [1.82, 2.24) is 9.97 Å². The zero-order chi connectivity index (χ0) is 15.6. The number of rotatable bonds is 4. The van der Waals surface area contributed by atoms with E-state index in [2.05, 4.69) is 26.7 Å². The Balaban J connectivity index is 1.68. The first-order chi connectivity index (χ1) is 11.3. The van der Waals surface area contributed by atoms with Crippen LogP contribution in [0, 0.1) is 5.82 Å². The Bertz CT molecular complexity index is 930. The maximum absolute atomic E-state index is 13.1. The first-order valence-corrected chi connectivity index (χ1v) is 8.76. The van der Waals surface area contributed by atoms with E-state index in [0.29, 0.717) is 0 Å². The molecule has 6 heteroatoms. The lowest BCUT2D eigenvalue weighted by molar-refractivity contribution is 0.628. The molecule has 1 N–H and O–H groups in total. The van der Waals surface area contributed by atoms with E-state index in [1.165, 1.54) is 17.0 Å². The number of thiophene rings is 2. The molecule has 0 fully saturated rings. The Morgan fingerprint density at radius 1 is 1.09 bits per heavy atom. The second-order valence-corrected chi connectivity index (χ2v) is 7.07. The van der Waals surface area contributed by atoms with Crippen LogP contribution in [0.5, 0.6) is 0 Å². The molecule has 0 saturated heterocycles. The average molecular weight is 341 g/mol. The molecule has 0 aliphatic carbocycles. The summed E-state index contributed by atoms with van der Waals surface area (Å²) in [6.45, 7) is 0.744. The lowest BCUT2D eigenvalue weighted by Crippen LogP contribution is -1.99. The number of hydrogen-bond acceptors (Lipinski definition) is 5. The first kappa shape index (κ1) is 14.3. The number of halogens is 1. The summed E-state index contributed by atoms with van der Waals surface area (Å²) in [5, 5.41) is 5.43. The number of anilines is 1. The van der Waals surface area contributed by atoms with Crippen molar-refractivity contribution in [3.8, 4) is 10.4 Å². The Morgan fingerprint density at radius 2 is 1.96 bits per heavy atom. The molecule has 1 aromatic carbocycles. The van der Waals surface area contributed by atoms with Gasteiger partial charge in [-0.05, 0) is 35.2 Å². The minimum atomic E-state index is -0.229. The zero-order valence-electron chi connectivity index (χ0n) is 12.0. The van der Waals surface area contributed by atoms with Crippen LogP contribution in [-0.2, 0) is 6.54 Å². The molecule has 0 bridgehead atoms. The van der Waals surface area contributed by atoms with E-state index in [1.807, 2.05) is 12.1 Å². The van der Waals surface area contributed by atoms with Crippen molar-refractivity contribution >= 4 is 38.7 Å². The van der Waals surface area contributed by atoms with Gasteiger partial charge in [0.05, 0.1) is 16.8 Å². The van der Waals surface area contributed by atoms with Crippen molar-refractivity contribution in [2.24, 2.45) is 0 Å². The molecule has 0 aliphatic heterocycles. The third-order valence-electron chi connectivity index (χ3n) is 3.45. The molecule has 114 valence electrons. The molecule has 4 rings (SSSR count). The SMILES string of the molecule is Fc1ccc(-c2cc3ncnc(NCc4cccs4)c3s2)cc1. The highest BCUT2D eigenvalue weighted by molar-refractivity contribution is 7.22. The molecule has 23 heavy (non-hydrogen) atoms. The van der Waals surface area contributed by atoms with Gasteiger partial charge in [-0.25, -0.2) is 14.4 Å². The number of aromatic nitrogens is 2. The summed E-state index contributed by atoms with van der Waals surface area (Å²) in [6, 6.07) is 12.7. The van der Waals surface area contributed by atoms with Crippen LogP contribution in [0.1, 0.15) is 4.88 Å². The van der Waals surface area contributed by atoms with Gasteiger partial charge in [-0.15, -0.1) is 22.7 Å². The second-order valence-electron chi connectivity index (χ2n) is 4.99. The van der Waals surface area contributed by atoms with Gasteiger partial charge >= 0.3 is 0 Å². The van der Waals surface area contributed by atoms with E-state index in [0.717, 1.165) is 33.0 Å². The van der Waals surface area contributed by atoms with Crippen molar-refractivity contribution in [1.29, 1.82) is 0 Å². The molecule has 0 unspecified atom stereocenters. The van der Waals surface area contributed by atoms with E-state index < -0.39 is 0 Å². The van der Waals surface area contributed by atoms with Crippen LogP contribution in [0.15, 0.2) is 54.2 Å². The standard InChI is InChI=1S/C17H12FN3S2/c18-12-5-3-11(4-6-12)15-8-14-16(23-15)17(21-10-20-14)19-9-13-2-1-7-22-13/h1-8,10H,9H2,(H,19,20,21). The maximum Gasteiger partial charge on any atom is 0.147 e. The molecule has 3 aromatic heterocycles. The van der Waals surface area contributed by atoms with Gasteiger partial charge in [-0.1, -0.05) is 18.2 Å². The van der Waals surface area contributed by atoms with Crippen LogP contribution in [0.4, 0.5) is 10.2 Å². The summed E-state index contributed by atoms with van der Waals surface area (Å²) in [7, 11) is 0. The third kappa shape index (κ3) is 2.95. The fraction of sp³-hybridized carbons (Fsp3) is 0.0588. The molecule has 0 spiro atoms. The summed E-state index contributed by atoms with van der Waals surface area (Å²) in [4.78, 5) is 11.0. The van der Waals surface area contributed by atoms with Crippen LogP contribution in [0.2, 0.25) is 0 Å². The fourth-order valence-electron chi connectivity index (χ4n) is 2.32. The summed E-state index contributed by atoms with van der Waals surface area (Å²) in [5.74, 6) is 0.606. The summed E-state index contributed by atoms with van der Waals surface area (Å²) in [6.07, 6.45) is 1.57. The molecule has 0 radical (unpaired) electrons. The molecule has 3 heterocycles. The van der Waals surface area contributed by atoms with E-state index in [4.69, 9.17) is 0 Å². The van der Waals surface area contributed by atoms with E-state index >= 15 is 0 Å². The highest BCUT2D eigenvalue weighted by Gasteiger charge is 2.10. The highest BCUT2D eigenvalue weighted by Crippen LogP contribution is 2.35. The Morgan fingerprint density at radius 3 is 2.74 bits per heavy atom. The minimum absolute atomic E-state index is 0.229. The number of fused-ring (bicyclic) bond motifs is 1. The summed E-state index contributed by atoms with van der Waals surface area (Å²) in [5.41, 5.74) is 1.89. The van der Waals surface area contributed by atoms with Gasteiger partial charge in [0.25, 0.3) is 0 Å². The molecule has 0 atom stereocenters. The zero-order valence-corrected chi connectivity index (χ0v) is 13.6. The van der Waals surface area contributed by atoms with Crippen LogP contribution < -0.4 is 5.32 Å². The molecule has 4 aromatic rings. The summed E-state index contributed by atoms with van der Waals surface area (Å²) < 4.78 is 14.1. The Kier molecular flexibility index (Phi) is 3.77. The number of nitrogens with one attached hydrogen (secondary N) is 1. The molecule has 0 aliphatic rings. The van der Waals surface area contributed by atoms with Gasteiger partial charge in [0.1, 0.15) is 18.0 Å². The second kappa shape index (κ2) is 6.06. The molecule has 0 saturated carbocycles. The average Bonchev–Trinajstić information content (AvgIpc) is 3.23. The monoisotopic (exact) mass is 341 g/mol. The third-order valence-corrected chi connectivity index (χ3v) is 5.51. The van der Waals surface area contributed by atoms with Gasteiger partial charge in [0, 0.05) is 9.75 Å². The smallest absolute Gasteiger partial charge is 0.147 e. The van der Waals surface area contributed by atoms with Crippen LogP contribution >= 0.6 is 22.7 Å².